The summed E-state index contributed by atoms with van der Waals surface area (Å²) in [6.45, 7) is 0. The summed E-state index contributed by atoms with van der Waals surface area (Å²) < 4.78 is 0. The van der Waals surface area contributed by atoms with Gasteiger partial charge in [0.1, 0.15) is 17.5 Å². The van der Waals surface area contributed by atoms with Crippen LogP contribution >= 0.6 is 23.2 Å². The molecule has 39 heavy (non-hydrogen) atoms. The van der Waals surface area contributed by atoms with Crippen molar-refractivity contribution in [3.63, 3.8) is 0 Å². The largest absolute Gasteiger partial charge is 0.508 e. The predicted molar refractivity (Wildman–Crippen MR) is 149 cm³/mol. The van der Waals surface area contributed by atoms with Gasteiger partial charge in [-0.2, -0.15) is 0 Å². The molecule has 0 spiro atoms. The maximum absolute atomic E-state index is 12.6. The van der Waals surface area contributed by atoms with Gasteiger partial charge in [-0.05, 0) is 53.6 Å². The molecule has 0 aliphatic carbocycles. The van der Waals surface area contributed by atoms with Crippen molar-refractivity contribution >= 4 is 52.5 Å². The number of nitrogens with zero attached hydrogens (tertiary/aromatic N) is 1. The van der Waals surface area contributed by atoms with E-state index in [4.69, 9.17) is 23.2 Å². The molecule has 11 heteroatoms. The number of nitrogens with one attached hydrogen (secondary N) is 3. The number of anilines is 2. The summed E-state index contributed by atoms with van der Waals surface area (Å²) in [7, 11) is 0. The molecule has 0 radical (unpaired) electrons. The summed E-state index contributed by atoms with van der Waals surface area (Å²) in [6.07, 6.45) is 1.55. The minimum atomic E-state index is -1.19. The molecule has 198 valence electrons. The Morgan fingerprint density at radius 3 is 2.18 bits per heavy atom. The van der Waals surface area contributed by atoms with Crippen LogP contribution in [0.15, 0.2) is 85.1 Å². The van der Waals surface area contributed by atoms with Crippen LogP contribution in [0.2, 0.25) is 10.0 Å². The summed E-state index contributed by atoms with van der Waals surface area (Å²) >= 11 is 12.1. The number of phenols is 1. The summed E-state index contributed by atoms with van der Waals surface area (Å²) in [5.74, 6) is -1.75. The first kappa shape index (κ1) is 27.4. The van der Waals surface area contributed by atoms with Crippen LogP contribution in [0, 0.1) is 0 Å². The van der Waals surface area contributed by atoms with Gasteiger partial charge in [-0.15, -0.1) is 0 Å². The second kappa shape index (κ2) is 12.3. The van der Waals surface area contributed by atoms with Crippen molar-refractivity contribution in [2.45, 2.75) is 12.5 Å². The fourth-order valence-electron chi connectivity index (χ4n) is 3.63. The molecule has 1 aromatic heterocycles. The number of carboxylic acid groups (broad SMARTS) is 1. The topological polar surface area (TPSA) is 141 Å². The van der Waals surface area contributed by atoms with E-state index in [-0.39, 0.29) is 22.9 Å². The Balaban J connectivity index is 1.36. The fraction of sp³-hybridized carbons (Fsp3) is 0.0714. The van der Waals surface area contributed by atoms with Crippen molar-refractivity contribution in [3.8, 4) is 16.9 Å². The maximum atomic E-state index is 12.6. The molecule has 1 atom stereocenters. The number of phenolic OH excluding ortho intramolecular Hbond substituents is 1. The minimum absolute atomic E-state index is 0.0456. The number of aromatic nitrogens is 1. The number of pyridine rings is 1. The molecule has 3 aromatic carbocycles. The second-order valence-corrected chi connectivity index (χ2v) is 9.21. The van der Waals surface area contributed by atoms with E-state index >= 15 is 0 Å². The zero-order valence-corrected chi connectivity index (χ0v) is 21.7. The number of benzene rings is 3. The Hall–Kier alpha value is -4.60. The summed E-state index contributed by atoms with van der Waals surface area (Å²) in [6, 6.07) is 19.5. The van der Waals surface area contributed by atoms with Crippen molar-refractivity contribution in [2.24, 2.45) is 0 Å². The number of amides is 3. The summed E-state index contributed by atoms with van der Waals surface area (Å²) in [5, 5.41) is 27.3. The van der Waals surface area contributed by atoms with E-state index in [1.165, 1.54) is 24.4 Å². The lowest BCUT2D eigenvalue weighted by atomic mass is 10.1. The maximum Gasteiger partial charge on any atom is 0.326 e. The van der Waals surface area contributed by atoms with Gasteiger partial charge in [0.25, 0.3) is 5.91 Å². The molecular weight excluding hydrogens is 543 g/mol. The van der Waals surface area contributed by atoms with Gasteiger partial charge < -0.3 is 26.2 Å². The highest BCUT2D eigenvalue weighted by molar-refractivity contribution is 6.44. The Morgan fingerprint density at radius 2 is 1.54 bits per heavy atom. The summed E-state index contributed by atoms with van der Waals surface area (Å²) in [4.78, 5) is 40.8. The van der Waals surface area contributed by atoms with Gasteiger partial charge in [-0.1, -0.05) is 59.6 Å². The molecule has 0 bridgehead atoms. The normalized spacial score (nSPS) is 11.3. The van der Waals surface area contributed by atoms with E-state index in [0.29, 0.717) is 27.5 Å². The number of aliphatic carboxylic acids is 1. The summed E-state index contributed by atoms with van der Waals surface area (Å²) in [5.41, 5.74) is 3.12. The third kappa shape index (κ3) is 7.25. The van der Waals surface area contributed by atoms with Crippen LogP contribution in [0.4, 0.5) is 16.2 Å². The van der Waals surface area contributed by atoms with Gasteiger partial charge >= 0.3 is 12.0 Å². The van der Waals surface area contributed by atoms with E-state index in [1.807, 2.05) is 0 Å². The van der Waals surface area contributed by atoms with Crippen molar-refractivity contribution in [1.29, 1.82) is 0 Å². The lowest BCUT2D eigenvalue weighted by Gasteiger charge is -2.14. The average Bonchev–Trinajstić information content (AvgIpc) is 2.92. The molecule has 1 heterocycles. The molecule has 0 saturated carbocycles. The van der Waals surface area contributed by atoms with Gasteiger partial charge in [-0.3, -0.25) is 9.78 Å². The van der Waals surface area contributed by atoms with Crippen LogP contribution in [-0.4, -0.2) is 39.1 Å². The average molecular weight is 565 g/mol. The molecule has 0 aliphatic heterocycles. The number of hydrogen-bond donors (Lipinski definition) is 5. The van der Waals surface area contributed by atoms with E-state index < -0.39 is 23.9 Å². The van der Waals surface area contributed by atoms with Crippen molar-refractivity contribution in [2.75, 3.05) is 10.6 Å². The van der Waals surface area contributed by atoms with E-state index in [1.54, 1.807) is 60.7 Å². The van der Waals surface area contributed by atoms with E-state index in [0.717, 1.165) is 5.56 Å². The van der Waals surface area contributed by atoms with Crippen LogP contribution in [0.3, 0.4) is 0 Å². The number of rotatable bonds is 8. The first-order valence-corrected chi connectivity index (χ1v) is 12.4. The van der Waals surface area contributed by atoms with Gasteiger partial charge in [-0.25, -0.2) is 9.59 Å². The molecule has 5 N–H and O–H groups in total. The number of carbonyl (C=O) groups excluding carboxylic acids is 2. The Morgan fingerprint density at radius 1 is 0.846 bits per heavy atom. The second-order valence-electron chi connectivity index (χ2n) is 8.42. The zero-order chi connectivity index (χ0) is 27.9. The van der Waals surface area contributed by atoms with Crippen molar-refractivity contribution < 1.29 is 24.6 Å². The van der Waals surface area contributed by atoms with E-state index in [2.05, 4.69) is 20.9 Å². The highest BCUT2D eigenvalue weighted by Crippen LogP contribution is 2.29. The molecule has 0 saturated heterocycles. The van der Waals surface area contributed by atoms with Gasteiger partial charge in [0.2, 0.25) is 0 Å². The molecular formula is C28H22Cl2N4O5. The number of aromatic hydroxyl groups is 1. The van der Waals surface area contributed by atoms with Crippen LogP contribution in [-0.2, 0) is 11.2 Å². The highest BCUT2D eigenvalue weighted by atomic mass is 35.5. The van der Waals surface area contributed by atoms with Gasteiger partial charge in [0.15, 0.2) is 0 Å². The molecule has 0 aliphatic rings. The van der Waals surface area contributed by atoms with Gasteiger partial charge in [0.05, 0.1) is 15.7 Å². The quantitative estimate of drug-likeness (QED) is 0.182. The first-order chi connectivity index (χ1) is 18.7. The molecule has 0 fully saturated rings. The number of halogens is 2. The zero-order valence-electron chi connectivity index (χ0n) is 20.2. The standard InChI is InChI=1S/C28H22Cl2N4O5/c29-21-2-1-3-22(25(21)30)34-28(39)32-19-9-6-17(7-10-19)18-8-13-23(31-15-18)26(36)33-24(27(37)38)14-16-4-11-20(35)12-5-16/h1-13,15,24,35H,14H2,(H,33,36)(H,37,38)(H2,32,34,39). The van der Waals surface area contributed by atoms with Crippen molar-refractivity contribution in [3.05, 3.63) is 106 Å². The van der Waals surface area contributed by atoms with Crippen molar-refractivity contribution in [1.82, 2.24) is 10.3 Å². The lowest BCUT2D eigenvalue weighted by molar-refractivity contribution is -0.139. The highest BCUT2D eigenvalue weighted by Gasteiger charge is 2.22. The lowest BCUT2D eigenvalue weighted by Crippen LogP contribution is -2.42. The molecule has 9 nitrogen and oxygen atoms in total. The molecule has 3 amide bonds. The molecule has 1 unspecified atom stereocenters. The minimum Gasteiger partial charge on any atom is -0.508 e. The monoisotopic (exact) mass is 564 g/mol. The fourth-order valence-corrected chi connectivity index (χ4v) is 3.98. The number of carboxylic acids is 1. The smallest absolute Gasteiger partial charge is 0.326 e. The SMILES string of the molecule is O=C(Nc1ccc(-c2ccc(C(=O)NC(Cc3ccc(O)cc3)C(=O)O)nc2)cc1)Nc1cccc(Cl)c1Cl. The third-order valence-corrected chi connectivity index (χ3v) is 6.47. The van der Waals surface area contributed by atoms with Crippen LogP contribution in [0.5, 0.6) is 5.75 Å². The Labute approximate surface area is 233 Å². The van der Waals surface area contributed by atoms with Crippen LogP contribution < -0.4 is 16.0 Å². The van der Waals surface area contributed by atoms with Crippen LogP contribution in [0.1, 0.15) is 16.1 Å². The molecule has 4 aromatic rings. The number of carbonyl (C=O) groups is 3. The number of hydrogen-bond acceptors (Lipinski definition) is 5. The molecule has 4 rings (SSSR count). The third-order valence-electron chi connectivity index (χ3n) is 5.65. The van der Waals surface area contributed by atoms with Gasteiger partial charge in [0, 0.05) is 23.9 Å². The van der Waals surface area contributed by atoms with E-state index in [9.17, 15) is 24.6 Å². The Bertz CT molecular complexity index is 1490. The number of urea groups is 1. The predicted octanol–water partition coefficient (Wildman–Crippen LogP) is 5.83. The van der Waals surface area contributed by atoms with Crippen LogP contribution in [0.25, 0.3) is 11.1 Å². The first-order valence-electron chi connectivity index (χ1n) is 11.6. The Kier molecular flexibility index (Phi) is 8.65.